The zero-order chi connectivity index (χ0) is 23.3. The molecule has 1 N–H and O–H groups in total. The number of aromatic nitrogens is 3. The lowest BCUT2D eigenvalue weighted by molar-refractivity contribution is 0.0741. The van der Waals surface area contributed by atoms with Gasteiger partial charge in [0.25, 0.3) is 5.91 Å². The first-order valence-electron chi connectivity index (χ1n) is 11.3. The summed E-state index contributed by atoms with van der Waals surface area (Å²) < 4.78 is 3.93. The number of piperazine rings is 2. The van der Waals surface area contributed by atoms with Crippen LogP contribution in [0.1, 0.15) is 10.5 Å². The van der Waals surface area contributed by atoms with E-state index in [1.807, 2.05) is 36.4 Å². The first kappa shape index (κ1) is 22.1. The maximum atomic E-state index is 13.1. The van der Waals surface area contributed by atoms with Gasteiger partial charge in [-0.1, -0.05) is 28.8 Å². The van der Waals surface area contributed by atoms with Crippen molar-refractivity contribution >= 4 is 40.0 Å². The minimum Gasteiger partial charge on any atom is -0.368 e. The molecule has 5 rings (SSSR count). The maximum Gasteiger partial charge on any atom is 0.322 e. The molecule has 34 heavy (non-hydrogen) atoms. The highest BCUT2D eigenvalue weighted by molar-refractivity contribution is 7.10. The normalized spacial score (nSPS) is 16.5. The molecule has 10 nitrogen and oxygen atoms in total. The molecule has 11 heteroatoms. The molecule has 3 amide bonds. The lowest BCUT2D eigenvalue weighted by Gasteiger charge is -2.36. The summed E-state index contributed by atoms with van der Waals surface area (Å²) in [4.78, 5) is 38.3. The highest BCUT2D eigenvalue weighted by Gasteiger charge is 2.29. The Hall–Kier alpha value is -3.73. The van der Waals surface area contributed by atoms with Gasteiger partial charge in [0.1, 0.15) is 5.82 Å². The Kier molecular flexibility index (Phi) is 6.52. The van der Waals surface area contributed by atoms with E-state index in [1.165, 1.54) is 0 Å². The van der Waals surface area contributed by atoms with Gasteiger partial charge in [-0.2, -0.15) is 0 Å². The summed E-state index contributed by atoms with van der Waals surface area (Å²) in [7, 11) is 0. The summed E-state index contributed by atoms with van der Waals surface area (Å²) in [6, 6.07) is 15.8. The van der Waals surface area contributed by atoms with Gasteiger partial charge in [-0.15, -0.1) is 5.10 Å². The van der Waals surface area contributed by atoms with E-state index in [0.29, 0.717) is 44.3 Å². The number of benzene rings is 1. The van der Waals surface area contributed by atoms with Crippen molar-refractivity contribution in [3.8, 4) is 0 Å². The predicted octanol–water partition coefficient (Wildman–Crippen LogP) is 2.25. The highest BCUT2D eigenvalue weighted by Crippen LogP contribution is 2.22. The van der Waals surface area contributed by atoms with Crippen LogP contribution in [0.5, 0.6) is 0 Å². The molecule has 0 aliphatic carbocycles. The molecule has 0 bridgehead atoms. The minimum absolute atomic E-state index is 0.201. The fraction of sp³-hybridized carbons (Fsp3) is 0.348. The van der Waals surface area contributed by atoms with Crippen LogP contribution in [0.2, 0.25) is 0 Å². The summed E-state index contributed by atoms with van der Waals surface area (Å²) in [5, 5.41) is 7.29. The van der Waals surface area contributed by atoms with Gasteiger partial charge in [-0.3, -0.25) is 10.1 Å². The van der Waals surface area contributed by atoms with E-state index in [-0.39, 0.29) is 17.6 Å². The maximum absolute atomic E-state index is 13.1. The highest BCUT2D eigenvalue weighted by atomic mass is 32.1. The van der Waals surface area contributed by atoms with Crippen LogP contribution in [-0.4, -0.2) is 88.7 Å². The van der Waals surface area contributed by atoms with Gasteiger partial charge in [0.15, 0.2) is 10.7 Å². The van der Waals surface area contributed by atoms with Crippen molar-refractivity contribution in [2.45, 2.75) is 0 Å². The lowest BCUT2D eigenvalue weighted by atomic mass is 10.2. The van der Waals surface area contributed by atoms with E-state index in [4.69, 9.17) is 0 Å². The summed E-state index contributed by atoms with van der Waals surface area (Å²) >= 11 is 1.03. The van der Waals surface area contributed by atoms with Gasteiger partial charge in [-0.05, 0) is 24.3 Å². The van der Waals surface area contributed by atoms with Crippen molar-refractivity contribution < 1.29 is 9.59 Å². The van der Waals surface area contributed by atoms with Crippen LogP contribution in [-0.2, 0) is 0 Å². The van der Waals surface area contributed by atoms with E-state index >= 15 is 0 Å². The van der Waals surface area contributed by atoms with Gasteiger partial charge >= 0.3 is 6.03 Å². The Bertz CT molecular complexity index is 1110. The summed E-state index contributed by atoms with van der Waals surface area (Å²) in [5.41, 5.74) is 1.36. The second-order valence-electron chi connectivity index (χ2n) is 8.16. The molecule has 0 saturated carbocycles. The molecule has 4 heterocycles. The number of rotatable bonds is 4. The average molecular weight is 479 g/mol. The largest absolute Gasteiger partial charge is 0.368 e. The van der Waals surface area contributed by atoms with E-state index in [0.717, 1.165) is 36.1 Å². The number of para-hydroxylation sites is 1. The number of nitrogens with zero attached hydrogens (tertiary/aromatic N) is 7. The van der Waals surface area contributed by atoms with Crippen LogP contribution >= 0.6 is 11.5 Å². The summed E-state index contributed by atoms with van der Waals surface area (Å²) in [6.45, 7) is 5.21. The molecular formula is C23H26N8O2S. The number of carbonyl (C=O) groups excluding carboxylic acids is 2. The van der Waals surface area contributed by atoms with Gasteiger partial charge < -0.3 is 19.6 Å². The lowest BCUT2D eigenvalue weighted by Crippen LogP contribution is -2.50. The van der Waals surface area contributed by atoms with Crippen molar-refractivity contribution in [1.82, 2.24) is 24.4 Å². The minimum atomic E-state index is -0.229. The number of hydrogen-bond acceptors (Lipinski definition) is 8. The van der Waals surface area contributed by atoms with Crippen LogP contribution in [0.4, 0.5) is 21.3 Å². The number of hydrogen-bond donors (Lipinski definition) is 1. The molecule has 0 atom stereocenters. The molecular weight excluding hydrogens is 452 g/mol. The second-order valence-corrected chi connectivity index (χ2v) is 8.91. The van der Waals surface area contributed by atoms with E-state index in [2.05, 4.69) is 41.8 Å². The zero-order valence-corrected chi connectivity index (χ0v) is 19.5. The number of anilines is 3. The van der Waals surface area contributed by atoms with Crippen molar-refractivity contribution in [3.05, 3.63) is 60.4 Å². The van der Waals surface area contributed by atoms with E-state index in [9.17, 15) is 9.59 Å². The summed E-state index contributed by atoms with van der Waals surface area (Å²) in [5.74, 6) is 0.698. The number of urea groups is 1. The quantitative estimate of drug-likeness (QED) is 0.614. The van der Waals surface area contributed by atoms with E-state index in [1.54, 1.807) is 16.0 Å². The Morgan fingerprint density at radius 1 is 0.794 bits per heavy atom. The fourth-order valence-electron chi connectivity index (χ4n) is 4.22. The molecule has 2 aliphatic heterocycles. The molecule has 176 valence electrons. The fourth-order valence-corrected chi connectivity index (χ4v) is 4.78. The summed E-state index contributed by atoms with van der Waals surface area (Å²) in [6.07, 6.45) is 1.77. The van der Waals surface area contributed by atoms with Crippen LogP contribution in [0.15, 0.2) is 54.7 Å². The number of amides is 3. The van der Waals surface area contributed by atoms with Crippen LogP contribution in [0.25, 0.3) is 0 Å². The third-order valence-electron chi connectivity index (χ3n) is 6.14. The Labute approximate surface area is 202 Å². The van der Waals surface area contributed by atoms with E-state index < -0.39 is 0 Å². The Morgan fingerprint density at radius 3 is 2.18 bits per heavy atom. The Morgan fingerprint density at radius 2 is 1.47 bits per heavy atom. The van der Waals surface area contributed by atoms with Gasteiger partial charge in [0.05, 0.1) is 0 Å². The topological polar surface area (TPSA) is 97.8 Å². The standard InChI is InChI=1S/C23H26N8O2S/c32-22(30-14-12-29(13-15-30)19-8-4-5-9-24-19)20-21(34-27-26-20)25-23(33)31-16-10-28(11-17-31)18-6-2-1-3-7-18/h1-9H,10-17H2,(H,25,33). The third-order valence-corrected chi connectivity index (χ3v) is 6.78. The second kappa shape index (κ2) is 10.0. The molecule has 0 unspecified atom stereocenters. The molecule has 2 saturated heterocycles. The molecule has 2 fully saturated rings. The van der Waals surface area contributed by atoms with Crippen molar-refractivity contribution in [2.24, 2.45) is 0 Å². The zero-order valence-electron chi connectivity index (χ0n) is 18.7. The van der Waals surface area contributed by atoms with Crippen molar-refractivity contribution in [3.63, 3.8) is 0 Å². The van der Waals surface area contributed by atoms with Gasteiger partial charge in [0.2, 0.25) is 0 Å². The first-order valence-corrected chi connectivity index (χ1v) is 12.1. The van der Waals surface area contributed by atoms with Crippen molar-refractivity contribution in [1.29, 1.82) is 0 Å². The molecule has 0 spiro atoms. The molecule has 2 aromatic heterocycles. The van der Waals surface area contributed by atoms with Gasteiger partial charge in [0, 0.05) is 75.8 Å². The molecule has 3 aromatic rings. The number of pyridine rings is 1. The predicted molar refractivity (Wildman–Crippen MR) is 132 cm³/mol. The first-order chi connectivity index (χ1) is 16.7. The van der Waals surface area contributed by atoms with Gasteiger partial charge in [-0.25, -0.2) is 9.78 Å². The monoisotopic (exact) mass is 478 g/mol. The SMILES string of the molecule is O=C(Nc1snnc1C(=O)N1CCN(c2ccccn2)CC1)N1CCN(c2ccccc2)CC1. The Balaban J connectivity index is 1.15. The third kappa shape index (κ3) is 4.79. The molecule has 1 aromatic carbocycles. The average Bonchev–Trinajstić information content (AvgIpc) is 3.37. The van der Waals surface area contributed by atoms with Crippen molar-refractivity contribution in [2.75, 3.05) is 67.5 Å². The molecule has 0 radical (unpaired) electrons. The molecule has 2 aliphatic rings. The van der Waals surface area contributed by atoms with Crippen LogP contribution in [0.3, 0.4) is 0 Å². The number of carbonyl (C=O) groups is 2. The van der Waals surface area contributed by atoms with Crippen LogP contribution < -0.4 is 15.1 Å². The smallest absolute Gasteiger partial charge is 0.322 e. The number of nitrogens with one attached hydrogen (secondary N) is 1. The van der Waals surface area contributed by atoms with Crippen LogP contribution in [0, 0.1) is 0 Å².